The van der Waals surface area contributed by atoms with E-state index >= 15 is 0 Å². The highest BCUT2D eigenvalue weighted by molar-refractivity contribution is 5.82. The number of benzene rings is 1. The Labute approximate surface area is 151 Å². The van der Waals surface area contributed by atoms with Crippen LogP contribution in [0.1, 0.15) is 64.0 Å². The zero-order valence-corrected chi connectivity index (χ0v) is 15.8. The summed E-state index contributed by atoms with van der Waals surface area (Å²) in [5, 5.41) is 0. The third-order valence-corrected chi connectivity index (χ3v) is 5.49. The Kier molecular flexibility index (Phi) is 5.16. The molecule has 1 unspecified atom stereocenters. The number of hydrogen-bond acceptors (Lipinski definition) is 2. The van der Waals surface area contributed by atoms with E-state index in [0.717, 1.165) is 37.9 Å². The lowest BCUT2D eigenvalue weighted by molar-refractivity contribution is -0.133. The van der Waals surface area contributed by atoms with Gasteiger partial charge in [-0.2, -0.15) is 0 Å². The smallest absolute Gasteiger partial charge is 0.224 e. The van der Waals surface area contributed by atoms with E-state index in [2.05, 4.69) is 45.0 Å². The van der Waals surface area contributed by atoms with Crippen molar-refractivity contribution in [3.63, 3.8) is 0 Å². The molecular weight excluding hydrogens is 312 g/mol. The van der Waals surface area contributed by atoms with Crippen molar-refractivity contribution < 1.29 is 9.59 Å². The minimum absolute atomic E-state index is 0.0582. The minimum Gasteiger partial charge on any atom is -0.343 e. The number of likely N-dealkylation sites (tertiary alicyclic amines) is 2. The maximum atomic E-state index is 12.4. The number of carbonyl (C=O) groups is 2. The van der Waals surface area contributed by atoms with Gasteiger partial charge in [0, 0.05) is 38.5 Å². The summed E-state index contributed by atoms with van der Waals surface area (Å²) < 4.78 is 0. The summed E-state index contributed by atoms with van der Waals surface area (Å²) in [7, 11) is 0. The molecule has 0 spiro atoms. The molecule has 2 saturated heterocycles. The second-order valence-corrected chi connectivity index (χ2v) is 8.45. The predicted octanol–water partition coefficient (Wildman–Crippen LogP) is 3.49. The molecule has 2 fully saturated rings. The zero-order valence-electron chi connectivity index (χ0n) is 15.8. The van der Waals surface area contributed by atoms with Crippen LogP contribution in [-0.2, 0) is 21.5 Å². The van der Waals surface area contributed by atoms with E-state index < -0.39 is 0 Å². The molecule has 0 aromatic heterocycles. The van der Waals surface area contributed by atoms with Gasteiger partial charge in [0.15, 0.2) is 0 Å². The molecule has 1 aromatic rings. The Morgan fingerprint density at radius 2 is 1.76 bits per heavy atom. The van der Waals surface area contributed by atoms with Gasteiger partial charge in [0.2, 0.25) is 11.8 Å². The lowest BCUT2D eigenvalue weighted by Crippen LogP contribution is -2.38. The second-order valence-electron chi connectivity index (χ2n) is 8.45. The Bertz CT molecular complexity index is 624. The molecule has 3 rings (SSSR count). The van der Waals surface area contributed by atoms with E-state index in [0.29, 0.717) is 19.4 Å². The predicted molar refractivity (Wildman–Crippen MR) is 99.1 cm³/mol. The molecule has 0 saturated carbocycles. The number of carbonyl (C=O) groups excluding carboxylic acids is 2. The molecular formula is C21H30N2O2. The first-order valence-electron chi connectivity index (χ1n) is 9.51. The fourth-order valence-corrected chi connectivity index (χ4v) is 3.83. The summed E-state index contributed by atoms with van der Waals surface area (Å²) in [6.07, 6.45) is 4.07. The molecule has 2 aliphatic heterocycles. The lowest BCUT2D eigenvalue weighted by atomic mass is 9.87. The van der Waals surface area contributed by atoms with Crippen molar-refractivity contribution in [2.45, 2.75) is 70.9 Å². The topological polar surface area (TPSA) is 40.6 Å². The van der Waals surface area contributed by atoms with Gasteiger partial charge in [-0.15, -0.1) is 0 Å². The maximum absolute atomic E-state index is 12.4. The van der Waals surface area contributed by atoms with Crippen LogP contribution < -0.4 is 0 Å². The van der Waals surface area contributed by atoms with Crippen molar-refractivity contribution >= 4 is 11.8 Å². The molecule has 4 heteroatoms. The minimum atomic E-state index is 0.0582. The van der Waals surface area contributed by atoms with Crippen LogP contribution in [0.3, 0.4) is 0 Å². The zero-order chi connectivity index (χ0) is 18.0. The molecule has 136 valence electrons. The SMILES string of the molecule is CC(C)(C)c1ccc(CN2C(=O)CCC2CC(=O)N2CCCC2)cc1. The summed E-state index contributed by atoms with van der Waals surface area (Å²) in [5.41, 5.74) is 2.57. The summed E-state index contributed by atoms with van der Waals surface area (Å²) in [5.74, 6) is 0.393. The van der Waals surface area contributed by atoms with Gasteiger partial charge in [-0.05, 0) is 35.8 Å². The largest absolute Gasteiger partial charge is 0.343 e. The summed E-state index contributed by atoms with van der Waals surface area (Å²) in [4.78, 5) is 28.6. The Morgan fingerprint density at radius 1 is 1.12 bits per heavy atom. The molecule has 0 N–H and O–H groups in total. The number of nitrogens with zero attached hydrogens (tertiary/aromatic N) is 2. The number of rotatable bonds is 4. The van der Waals surface area contributed by atoms with Gasteiger partial charge in [-0.3, -0.25) is 9.59 Å². The summed E-state index contributed by atoms with van der Waals surface area (Å²) in [6, 6.07) is 8.60. The quantitative estimate of drug-likeness (QED) is 0.840. The van der Waals surface area contributed by atoms with Gasteiger partial charge in [0.25, 0.3) is 0 Å². The van der Waals surface area contributed by atoms with E-state index in [-0.39, 0.29) is 23.3 Å². The van der Waals surface area contributed by atoms with Crippen LogP contribution in [0, 0.1) is 0 Å². The van der Waals surface area contributed by atoms with Crippen LogP contribution in [-0.4, -0.2) is 40.7 Å². The van der Waals surface area contributed by atoms with Crippen molar-refractivity contribution in [2.75, 3.05) is 13.1 Å². The number of amides is 2. The van der Waals surface area contributed by atoms with Gasteiger partial charge in [0.05, 0.1) is 0 Å². The molecule has 2 heterocycles. The normalized spacial score (nSPS) is 21.2. The third-order valence-electron chi connectivity index (χ3n) is 5.49. The first-order chi connectivity index (χ1) is 11.8. The first kappa shape index (κ1) is 18.0. The van der Waals surface area contributed by atoms with Gasteiger partial charge >= 0.3 is 0 Å². The molecule has 1 aromatic carbocycles. The summed E-state index contributed by atoms with van der Waals surface area (Å²) >= 11 is 0. The Balaban J connectivity index is 1.64. The first-order valence-corrected chi connectivity index (χ1v) is 9.51. The fourth-order valence-electron chi connectivity index (χ4n) is 3.83. The Morgan fingerprint density at radius 3 is 2.36 bits per heavy atom. The van der Waals surface area contributed by atoms with Gasteiger partial charge in [-0.25, -0.2) is 0 Å². The second kappa shape index (κ2) is 7.19. The average molecular weight is 342 g/mol. The van der Waals surface area contributed by atoms with Crippen LogP contribution in [0.5, 0.6) is 0 Å². The lowest BCUT2D eigenvalue weighted by Gasteiger charge is -2.27. The van der Waals surface area contributed by atoms with Gasteiger partial charge in [0.1, 0.15) is 0 Å². The van der Waals surface area contributed by atoms with Crippen LogP contribution in [0.2, 0.25) is 0 Å². The third kappa shape index (κ3) is 4.23. The van der Waals surface area contributed by atoms with Gasteiger partial charge < -0.3 is 9.80 Å². The molecule has 0 aliphatic carbocycles. The highest BCUT2D eigenvalue weighted by atomic mass is 16.2. The molecule has 0 bridgehead atoms. The Hall–Kier alpha value is -1.84. The van der Waals surface area contributed by atoms with Crippen LogP contribution in [0.25, 0.3) is 0 Å². The average Bonchev–Trinajstić information content (AvgIpc) is 3.20. The van der Waals surface area contributed by atoms with E-state index in [1.54, 1.807) is 0 Å². The maximum Gasteiger partial charge on any atom is 0.224 e. The van der Waals surface area contributed by atoms with Crippen molar-refractivity contribution in [1.82, 2.24) is 9.80 Å². The molecule has 4 nitrogen and oxygen atoms in total. The van der Waals surface area contributed by atoms with Gasteiger partial charge in [-0.1, -0.05) is 45.0 Å². The number of hydrogen-bond donors (Lipinski definition) is 0. The van der Waals surface area contributed by atoms with Crippen LogP contribution in [0.4, 0.5) is 0 Å². The van der Waals surface area contributed by atoms with E-state index in [4.69, 9.17) is 0 Å². The highest BCUT2D eigenvalue weighted by Gasteiger charge is 2.33. The summed E-state index contributed by atoms with van der Waals surface area (Å²) in [6.45, 7) is 8.98. The molecule has 25 heavy (non-hydrogen) atoms. The van der Waals surface area contributed by atoms with E-state index in [1.807, 2.05) is 9.80 Å². The monoisotopic (exact) mass is 342 g/mol. The molecule has 0 radical (unpaired) electrons. The molecule has 2 aliphatic rings. The van der Waals surface area contributed by atoms with Crippen LogP contribution in [0.15, 0.2) is 24.3 Å². The van der Waals surface area contributed by atoms with Crippen LogP contribution >= 0.6 is 0 Å². The van der Waals surface area contributed by atoms with E-state index in [1.165, 1.54) is 5.56 Å². The van der Waals surface area contributed by atoms with Crippen molar-refractivity contribution in [1.29, 1.82) is 0 Å². The molecule has 1 atom stereocenters. The van der Waals surface area contributed by atoms with Crippen molar-refractivity contribution in [3.05, 3.63) is 35.4 Å². The fraction of sp³-hybridized carbons (Fsp3) is 0.619. The molecule has 2 amide bonds. The highest BCUT2D eigenvalue weighted by Crippen LogP contribution is 2.27. The standard InChI is InChI=1S/C21H30N2O2/c1-21(2,3)17-8-6-16(7-9-17)15-23-18(10-11-19(23)24)14-20(25)22-12-4-5-13-22/h6-9,18H,4-5,10-15H2,1-3H3. The van der Waals surface area contributed by atoms with E-state index in [9.17, 15) is 9.59 Å². The van der Waals surface area contributed by atoms with Crippen molar-refractivity contribution in [2.24, 2.45) is 0 Å². The van der Waals surface area contributed by atoms with Crippen molar-refractivity contribution in [3.8, 4) is 0 Å².